The Labute approximate surface area is 110 Å². The number of nitrogens with one attached hydrogen (secondary N) is 2. The van der Waals surface area contributed by atoms with Crippen LogP contribution in [0.5, 0.6) is 0 Å². The first-order valence-electron chi connectivity index (χ1n) is 5.70. The van der Waals surface area contributed by atoms with Gasteiger partial charge in [0.2, 0.25) is 0 Å². The molecule has 0 saturated heterocycles. The van der Waals surface area contributed by atoms with Gasteiger partial charge in [0.1, 0.15) is 12.6 Å². The summed E-state index contributed by atoms with van der Waals surface area (Å²) in [5.41, 5.74) is 2.67. The summed E-state index contributed by atoms with van der Waals surface area (Å²) in [5, 5.41) is 11.6. The summed E-state index contributed by atoms with van der Waals surface area (Å²) >= 11 is 0. The topological polar surface area (TPSA) is 114 Å². The van der Waals surface area contributed by atoms with E-state index in [1.807, 2.05) is 23.6 Å². The first kappa shape index (κ1) is 14.9. The Hall–Kier alpha value is -2.12. The first-order valence-corrected chi connectivity index (χ1v) is 5.70. The fourth-order valence-corrected chi connectivity index (χ4v) is 1.39. The van der Waals surface area contributed by atoms with Crippen LogP contribution in [0.3, 0.4) is 0 Å². The summed E-state index contributed by atoms with van der Waals surface area (Å²) in [7, 11) is 0. The number of alkyl carbamates (subject to hydrolysis) is 1. The highest BCUT2D eigenvalue weighted by atomic mass is 16.5. The van der Waals surface area contributed by atoms with Gasteiger partial charge >= 0.3 is 6.09 Å². The zero-order chi connectivity index (χ0) is 14.3. The van der Waals surface area contributed by atoms with Gasteiger partial charge in [0.15, 0.2) is 0 Å². The molecule has 0 spiro atoms. The van der Waals surface area contributed by atoms with Crippen LogP contribution in [-0.2, 0) is 16.1 Å². The largest absolute Gasteiger partial charge is 0.445 e. The van der Waals surface area contributed by atoms with Gasteiger partial charge in [0.25, 0.3) is 5.91 Å². The Morgan fingerprint density at radius 3 is 2.53 bits per heavy atom. The number of aliphatic hydroxyl groups excluding tert-OH is 1. The molecule has 0 saturated carbocycles. The third-order valence-electron chi connectivity index (χ3n) is 2.39. The number of amides is 2. The molecule has 1 aromatic carbocycles. The number of ether oxygens (including phenoxy) is 1. The van der Waals surface area contributed by atoms with Crippen LogP contribution in [-0.4, -0.2) is 29.3 Å². The van der Waals surface area contributed by atoms with E-state index in [2.05, 4.69) is 5.32 Å². The fourth-order valence-electron chi connectivity index (χ4n) is 1.39. The van der Waals surface area contributed by atoms with Gasteiger partial charge in [0, 0.05) is 0 Å². The Bertz CT molecular complexity index is 422. The summed E-state index contributed by atoms with van der Waals surface area (Å²) in [5.74, 6) is 4.25. The van der Waals surface area contributed by atoms with E-state index in [0.29, 0.717) is 0 Å². The number of hydrazine groups is 1. The number of benzene rings is 1. The second-order valence-corrected chi connectivity index (χ2v) is 3.93. The van der Waals surface area contributed by atoms with Crippen molar-refractivity contribution in [2.24, 2.45) is 5.84 Å². The van der Waals surface area contributed by atoms with Crippen molar-refractivity contribution < 1.29 is 19.4 Å². The van der Waals surface area contributed by atoms with Crippen molar-refractivity contribution in [1.29, 1.82) is 0 Å². The molecule has 7 heteroatoms. The first-order chi connectivity index (χ1) is 9.04. The number of aliphatic hydroxyl groups is 1. The molecule has 5 N–H and O–H groups in total. The van der Waals surface area contributed by atoms with E-state index in [1.165, 1.54) is 6.92 Å². The molecule has 1 aromatic rings. The molecule has 0 aromatic heterocycles. The second-order valence-electron chi connectivity index (χ2n) is 3.93. The van der Waals surface area contributed by atoms with Gasteiger partial charge in [-0.3, -0.25) is 10.2 Å². The number of carbonyl (C=O) groups is 2. The molecule has 104 valence electrons. The maximum Gasteiger partial charge on any atom is 0.408 e. The molecule has 1 rings (SSSR count). The number of hydrogen-bond acceptors (Lipinski definition) is 5. The minimum atomic E-state index is -1.16. The van der Waals surface area contributed by atoms with Crippen molar-refractivity contribution in [1.82, 2.24) is 10.7 Å². The van der Waals surface area contributed by atoms with E-state index in [1.54, 1.807) is 12.1 Å². The van der Waals surface area contributed by atoms with E-state index in [9.17, 15) is 14.7 Å². The smallest absolute Gasteiger partial charge is 0.408 e. The number of hydrogen-bond donors (Lipinski definition) is 4. The van der Waals surface area contributed by atoms with E-state index in [4.69, 9.17) is 10.6 Å². The van der Waals surface area contributed by atoms with Crippen molar-refractivity contribution in [3.63, 3.8) is 0 Å². The Balaban J connectivity index is 2.47. The standard InChI is InChI=1S/C12H17N3O4/c1-8(16)10(11(17)15-13)14-12(18)19-7-9-5-3-2-4-6-9/h2-6,8,10,16H,7,13H2,1H3,(H,14,18)(H,15,17)/t8?,10-/m0/s1. The van der Waals surface area contributed by atoms with Crippen LogP contribution in [0.2, 0.25) is 0 Å². The molecule has 0 radical (unpaired) electrons. The molecule has 0 aliphatic heterocycles. The zero-order valence-electron chi connectivity index (χ0n) is 10.5. The molecule has 2 amide bonds. The zero-order valence-corrected chi connectivity index (χ0v) is 10.5. The number of carbonyl (C=O) groups excluding carboxylic acids is 2. The molecule has 0 fully saturated rings. The molecule has 0 heterocycles. The summed E-state index contributed by atoms with van der Waals surface area (Å²) in [6.45, 7) is 1.43. The van der Waals surface area contributed by atoms with Crippen LogP contribution in [0.25, 0.3) is 0 Å². The van der Waals surface area contributed by atoms with Gasteiger partial charge in [-0.25, -0.2) is 10.6 Å². The number of nitrogens with two attached hydrogens (primary N) is 1. The third kappa shape index (κ3) is 4.94. The highest BCUT2D eigenvalue weighted by molar-refractivity contribution is 5.85. The Morgan fingerprint density at radius 2 is 2.00 bits per heavy atom. The lowest BCUT2D eigenvalue weighted by atomic mass is 10.2. The lowest BCUT2D eigenvalue weighted by Gasteiger charge is -2.19. The Kier molecular flexibility index (Phi) is 5.77. The lowest BCUT2D eigenvalue weighted by Crippen LogP contribution is -2.54. The molecule has 1 unspecified atom stereocenters. The van der Waals surface area contributed by atoms with Crippen molar-refractivity contribution >= 4 is 12.0 Å². The van der Waals surface area contributed by atoms with Crippen LogP contribution in [0.15, 0.2) is 30.3 Å². The van der Waals surface area contributed by atoms with Crippen LogP contribution in [0.4, 0.5) is 4.79 Å². The van der Waals surface area contributed by atoms with Gasteiger partial charge in [-0.05, 0) is 12.5 Å². The molecule has 7 nitrogen and oxygen atoms in total. The predicted molar refractivity (Wildman–Crippen MR) is 67.6 cm³/mol. The van der Waals surface area contributed by atoms with Crippen LogP contribution >= 0.6 is 0 Å². The van der Waals surface area contributed by atoms with Crippen molar-refractivity contribution in [3.05, 3.63) is 35.9 Å². The molecule has 0 bridgehead atoms. The highest BCUT2D eigenvalue weighted by Gasteiger charge is 2.25. The van der Waals surface area contributed by atoms with Crippen molar-refractivity contribution in [2.75, 3.05) is 0 Å². The molecule has 19 heavy (non-hydrogen) atoms. The molecule has 0 aliphatic carbocycles. The summed E-state index contributed by atoms with van der Waals surface area (Å²) in [6, 6.07) is 7.92. The van der Waals surface area contributed by atoms with E-state index >= 15 is 0 Å². The van der Waals surface area contributed by atoms with Gasteiger partial charge in [-0.2, -0.15) is 0 Å². The van der Waals surface area contributed by atoms with Gasteiger partial charge in [-0.1, -0.05) is 30.3 Å². The van der Waals surface area contributed by atoms with Crippen LogP contribution in [0, 0.1) is 0 Å². The van der Waals surface area contributed by atoms with Gasteiger partial charge in [-0.15, -0.1) is 0 Å². The van der Waals surface area contributed by atoms with Crippen molar-refractivity contribution in [2.45, 2.75) is 25.7 Å². The van der Waals surface area contributed by atoms with Crippen molar-refractivity contribution in [3.8, 4) is 0 Å². The van der Waals surface area contributed by atoms with Gasteiger partial charge in [0.05, 0.1) is 6.10 Å². The minimum absolute atomic E-state index is 0.0729. The number of rotatable bonds is 5. The molecule has 0 aliphatic rings. The SMILES string of the molecule is CC(O)[C@H](NC(=O)OCc1ccccc1)C(=O)NN. The summed E-state index contributed by atoms with van der Waals surface area (Å²) < 4.78 is 4.92. The minimum Gasteiger partial charge on any atom is -0.445 e. The van der Waals surface area contributed by atoms with Crippen LogP contribution < -0.4 is 16.6 Å². The monoisotopic (exact) mass is 267 g/mol. The highest BCUT2D eigenvalue weighted by Crippen LogP contribution is 2.01. The third-order valence-corrected chi connectivity index (χ3v) is 2.39. The normalized spacial score (nSPS) is 13.2. The summed E-state index contributed by atoms with van der Waals surface area (Å²) in [4.78, 5) is 22.8. The average Bonchev–Trinajstić information content (AvgIpc) is 2.42. The Morgan fingerprint density at radius 1 is 1.37 bits per heavy atom. The summed E-state index contributed by atoms with van der Waals surface area (Å²) in [6.07, 6.45) is -1.90. The van der Waals surface area contributed by atoms with E-state index < -0.39 is 24.1 Å². The predicted octanol–water partition coefficient (Wildman–Crippen LogP) is -0.348. The van der Waals surface area contributed by atoms with E-state index in [0.717, 1.165) is 5.56 Å². The average molecular weight is 267 g/mol. The van der Waals surface area contributed by atoms with E-state index in [-0.39, 0.29) is 6.61 Å². The fraction of sp³-hybridized carbons (Fsp3) is 0.333. The second kappa shape index (κ2) is 7.34. The maximum atomic E-state index is 11.5. The molecular weight excluding hydrogens is 250 g/mol. The van der Waals surface area contributed by atoms with Gasteiger partial charge < -0.3 is 15.2 Å². The maximum absolute atomic E-state index is 11.5. The molecular formula is C12H17N3O4. The lowest BCUT2D eigenvalue weighted by molar-refractivity contribution is -0.125. The molecule has 2 atom stereocenters. The quantitative estimate of drug-likeness (QED) is 0.331. The van der Waals surface area contributed by atoms with Crippen LogP contribution in [0.1, 0.15) is 12.5 Å².